The molecule has 4 nitrogen and oxygen atoms in total. The summed E-state index contributed by atoms with van der Waals surface area (Å²) in [7, 11) is 1.54. The number of piperidine rings is 1. The average Bonchev–Trinajstić information content (AvgIpc) is 2.40. The molecule has 1 unspecified atom stereocenters. The standard InChI is InChI=1S/C15H23NO3/c1-3-19-14-10-11(9-13(17)15(14)18-2)8-12-6-4-5-7-16-12/h9-10,12,16-17H,3-8H2,1-2H3. The van der Waals surface area contributed by atoms with Crippen LogP contribution in [-0.4, -0.2) is 31.4 Å². The van der Waals surface area contributed by atoms with E-state index in [1.165, 1.54) is 19.3 Å². The van der Waals surface area contributed by atoms with Crippen LogP contribution in [0.3, 0.4) is 0 Å². The van der Waals surface area contributed by atoms with Gasteiger partial charge in [-0.25, -0.2) is 0 Å². The molecule has 4 heteroatoms. The number of phenolic OH excluding ortho intramolecular Hbond substituents is 1. The molecule has 0 bridgehead atoms. The molecule has 1 aliphatic heterocycles. The molecule has 1 heterocycles. The Labute approximate surface area is 114 Å². The summed E-state index contributed by atoms with van der Waals surface area (Å²) in [4.78, 5) is 0. The van der Waals surface area contributed by atoms with Gasteiger partial charge in [0.25, 0.3) is 0 Å². The maximum Gasteiger partial charge on any atom is 0.203 e. The summed E-state index contributed by atoms with van der Waals surface area (Å²) in [5.74, 6) is 1.19. The van der Waals surface area contributed by atoms with E-state index in [1.54, 1.807) is 13.2 Å². The number of methoxy groups -OCH3 is 1. The molecular formula is C15H23NO3. The molecule has 1 fully saturated rings. The second-order valence-electron chi connectivity index (χ2n) is 4.93. The Bertz CT molecular complexity index is 414. The van der Waals surface area contributed by atoms with E-state index in [-0.39, 0.29) is 5.75 Å². The predicted octanol–water partition coefficient (Wildman–Crippen LogP) is 2.48. The van der Waals surface area contributed by atoms with E-state index in [2.05, 4.69) is 5.32 Å². The van der Waals surface area contributed by atoms with Crippen molar-refractivity contribution in [3.8, 4) is 17.2 Å². The van der Waals surface area contributed by atoms with E-state index in [4.69, 9.17) is 9.47 Å². The molecule has 1 aliphatic rings. The number of benzene rings is 1. The second kappa shape index (κ2) is 6.66. The topological polar surface area (TPSA) is 50.7 Å². The Hall–Kier alpha value is -1.42. The molecule has 1 aromatic rings. The largest absolute Gasteiger partial charge is 0.504 e. The number of nitrogens with one attached hydrogen (secondary N) is 1. The molecule has 0 radical (unpaired) electrons. The maximum atomic E-state index is 10.0. The minimum atomic E-state index is 0.152. The first kappa shape index (κ1) is 14.0. The van der Waals surface area contributed by atoms with Crippen LogP contribution in [0.25, 0.3) is 0 Å². The van der Waals surface area contributed by atoms with Gasteiger partial charge in [0.2, 0.25) is 5.75 Å². The number of ether oxygens (including phenoxy) is 2. The molecule has 0 spiro atoms. The van der Waals surface area contributed by atoms with Crippen LogP contribution in [-0.2, 0) is 6.42 Å². The molecule has 0 aliphatic carbocycles. The average molecular weight is 265 g/mol. The zero-order valence-corrected chi connectivity index (χ0v) is 11.7. The minimum Gasteiger partial charge on any atom is -0.504 e. The normalized spacial score (nSPS) is 19.2. The van der Waals surface area contributed by atoms with Gasteiger partial charge in [0.05, 0.1) is 13.7 Å². The summed E-state index contributed by atoms with van der Waals surface area (Å²) < 4.78 is 10.7. The van der Waals surface area contributed by atoms with Gasteiger partial charge < -0.3 is 19.9 Å². The predicted molar refractivity (Wildman–Crippen MR) is 75.2 cm³/mol. The highest BCUT2D eigenvalue weighted by Crippen LogP contribution is 2.38. The van der Waals surface area contributed by atoms with Gasteiger partial charge >= 0.3 is 0 Å². The van der Waals surface area contributed by atoms with Crippen LogP contribution in [0.15, 0.2) is 12.1 Å². The third-order valence-electron chi connectivity index (χ3n) is 3.49. The van der Waals surface area contributed by atoms with Crippen LogP contribution >= 0.6 is 0 Å². The molecule has 106 valence electrons. The van der Waals surface area contributed by atoms with Gasteiger partial charge in [-0.15, -0.1) is 0 Å². The minimum absolute atomic E-state index is 0.152. The summed E-state index contributed by atoms with van der Waals surface area (Å²) in [6, 6.07) is 4.24. The number of aromatic hydroxyl groups is 1. The van der Waals surface area contributed by atoms with E-state index in [1.807, 2.05) is 13.0 Å². The number of hydrogen-bond donors (Lipinski definition) is 2. The van der Waals surface area contributed by atoms with Gasteiger partial charge in [0.1, 0.15) is 0 Å². The molecule has 2 rings (SSSR count). The van der Waals surface area contributed by atoms with E-state index >= 15 is 0 Å². The van der Waals surface area contributed by atoms with Gasteiger partial charge in [0, 0.05) is 6.04 Å². The lowest BCUT2D eigenvalue weighted by Gasteiger charge is -2.24. The van der Waals surface area contributed by atoms with Crippen LogP contribution < -0.4 is 14.8 Å². The van der Waals surface area contributed by atoms with Crippen molar-refractivity contribution in [2.75, 3.05) is 20.3 Å². The number of phenols is 1. The highest BCUT2D eigenvalue weighted by atomic mass is 16.5. The lowest BCUT2D eigenvalue weighted by Crippen LogP contribution is -2.35. The summed E-state index contributed by atoms with van der Waals surface area (Å²) in [5.41, 5.74) is 1.08. The van der Waals surface area contributed by atoms with Crippen molar-refractivity contribution in [2.24, 2.45) is 0 Å². The lowest BCUT2D eigenvalue weighted by molar-refractivity contribution is 0.299. The fourth-order valence-electron chi connectivity index (χ4n) is 2.61. The van der Waals surface area contributed by atoms with Crippen LogP contribution in [0.2, 0.25) is 0 Å². The molecule has 1 saturated heterocycles. The zero-order chi connectivity index (χ0) is 13.7. The molecule has 0 aromatic heterocycles. The maximum absolute atomic E-state index is 10.0. The Morgan fingerprint density at radius 3 is 2.84 bits per heavy atom. The first-order chi connectivity index (χ1) is 9.24. The Balaban J connectivity index is 2.15. The molecule has 2 N–H and O–H groups in total. The zero-order valence-electron chi connectivity index (χ0n) is 11.7. The quantitative estimate of drug-likeness (QED) is 0.859. The fraction of sp³-hybridized carbons (Fsp3) is 0.600. The highest BCUT2D eigenvalue weighted by molar-refractivity contribution is 5.53. The van der Waals surface area contributed by atoms with Crippen LogP contribution in [0, 0.1) is 0 Å². The Kier molecular flexibility index (Phi) is 4.91. The first-order valence-electron chi connectivity index (χ1n) is 7.00. The van der Waals surface area contributed by atoms with Crippen molar-refractivity contribution in [1.82, 2.24) is 5.32 Å². The van der Waals surface area contributed by atoms with Crippen molar-refractivity contribution in [3.05, 3.63) is 17.7 Å². The van der Waals surface area contributed by atoms with Crippen molar-refractivity contribution >= 4 is 0 Å². The molecule has 0 amide bonds. The van der Waals surface area contributed by atoms with Crippen molar-refractivity contribution < 1.29 is 14.6 Å². The van der Waals surface area contributed by atoms with Gasteiger partial charge in [-0.1, -0.05) is 6.42 Å². The molecule has 1 aromatic carbocycles. The first-order valence-corrected chi connectivity index (χ1v) is 7.00. The van der Waals surface area contributed by atoms with Gasteiger partial charge in [-0.2, -0.15) is 0 Å². The Morgan fingerprint density at radius 2 is 2.21 bits per heavy atom. The van der Waals surface area contributed by atoms with Gasteiger partial charge in [0.15, 0.2) is 11.5 Å². The van der Waals surface area contributed by atoms with E-state index in [9.17, 15) is 5.11 Å². The fourth-order valence-corrected chi connectivity index (χ4v) is 2.61. The molecule has 1 atom stereocenters. The highest BCUT2D eigenvalue weighted by Gasteiger charge is 2.17. The third-order valence-corrected chi connectivity index (χ3v) is 3.49. The molecular weight excluding hydrogens is 242 g/mol. The third kappa shape index (κ3) is 3.53. The van der Waals surface area contributed by atoms with E-state index < -0.39 is 0 Å². The van der Waals surface area contributed by atoms with Gasteiger partial charge in [-0.3, -0.25) is 0 Å². The number of hydrogen-bond acceptors (Lipinski definition) is 4. The van der Waals surface area contributed by atoms with Crippen molar-refractivity contribution in [1.29, 1.82) is 0 Å². The van der Waals surface area contributed by atoms with Crippen LogP contribution in [0.5, 0.6) is 17.2 Å². The summed E-state index contributed by atoms with van der Waals surface area (Å²) in [6.45, 7) is 3.57. The SMILES string of the molecule is CCOc1cc(CC2CCCCN2)cc(O)c1OC. The Morgan fingerprint density at radius 1 is 1.37 bits per heavy atom. The second-order valence-corrected chi connectivity index (χ2v) is 4.93. The van der Waals surface area contributed by atoms with Crippen molar-refractivity contribution in [3.63, 3.8) is 0 Å². The summed E-state index contributed by atoms with van der Waals surface area (Å²) in [6.07, 6.45) is 4.64. The molecule has 19 heavy (non-hydrogen) atoms. The summed E-state index contributed by atoms with van der Waals surface area (Å²) in [5, 5.41) is 13.5. The molecule has 0 saturated carbocycles. The van der Waals surface area contributed by atoms with Crippen LogP contribution in [0.4, 0.5) is 0 Å². The lowest BCUT2D eigenvalue weighted by atomic mass is 9.97. The van der Waals surface area contributed by atoms with Crippen LogP contribution in [0.1, 0.15) is 31.7 Å². The van der Waals surface area contributed by atoms with E-state index in [0.717, 1.165) is 18.5 Å². The van der Waals surface area contributed by atoms with Gasteiger partial charge in [-0.05, 0) is 50.4 Å². The number of rotatable bonds is 5. The summed E-state index contributed by atoms with van der Waals surface area (Å²) >= 11 is 0. The monoisotopic (exact) mass is 265 g/mol. The van der Waals surface area contributed by atoms with Crippen molar-refractivity contribution in [2.45, 2.75) is 38.6 Å². The van der Waals surface area contributed by atoms with E-state index in [0.29, 0.717) is 24.1 Å². The smallest absolute Gasteiger partial charge is 0.203 e.